The van der Waals surface area contributed by atoms with E-state index in [9.17, 15) is 9.59 Å². The van der Waals surface area contributed by atoms with Crippen molar-refractivity contribution in [2.24, 2.45) is 11.7 Å². The third-order valence-corrected chi connectivity index (χ3v) is 4.09. The highest BCUT2D eigenvalue weighted by molar-refractivity contribution is 7.16. The van der Waals surface area contributed by atoms with Crippen molar-refractivity contribution in [2.45, 2.75) is 32.6 Å². The number of ether oxygens (including phenoxy) is 1. The third-order valence-electron chi connectivity index (χ3n) is 3.25. The molecule has 0 aliphatic carbocycles. The minimum atomic E-state index is -0.511. The van der Waals surface area contributed by atoms with Crippen LogP contribution in [0, 0.1) is 5.92 Å². The number of thiophene rings is 1. The number of carbonyl (C=O) groups excluding carboxylic acids is 2. The molecule has 0 aromatic carbocycles. The topological polar surface area (TPSA) is 82.3 Å². The summed E-state index contributed by atoms with van der Waals surface area (Å²) in [6.07, 6.45) is 2.16. The molecule has 5 nitrogen and oxygen atoms in total. The van der Waals surface area contributed by atoms with Crippen LogP contribution < -0.4 is 5.73 Å². The molecule has 1 atom stereocenters. The maximum atomic E-state index is 12.3. The van der Waals surface area contributed by atoms with Gasteiger partial charge in [0.2, 0.25) is 5.91 Å². The highest BCUT2D eigenvalue weighted by atomic mass is 32.1. The molecule has 0 radical (unpaired) electrons. The summed E-state index contributed by atoms with van der Waals surface area (Å²) in [4.78, 5) is 28.7. The quantitative estimate of drug-likeness (QED) is 0.795. The molecule has 0 aliphatic rings. The molecule has 0 bridgehead atoms. The molecule has 0 saturated heterocycles. The Morgan fingerprint density at radius 3 is 2.86 bits per heavy atom. The van der Waals surface area contributed by atoms with Gasteiger partial charge in [0.15, 0.2) is 0 Å². The van der Waals surface area contributed by atoms with E-state index in [0.717, 1.165) is 15.8 Å². The van der Waals surface area contributed by atoms with Crippen LogP contribution >= 0.6 is 11.3 Å². The number of primary amides is 1. The molecular formula is C16H20N2O3S. The second-order valence-corrected chi connectivity index (χ2v) is 6.56. The van der Waals surface area contributed by atoms with Gasteiger partial charge < -0.3 is 10.5 Å². The van der Waals surface area contributed by atoms with Crippen molar-refractivity contribution in [1.29, 1.82) is 0 Å². The number of fused-ring (bicyclic) bond motifs is 1. The van der Waals surface area contributed by atoms with Gasteiger partial charge in [0.1, 0.15) is 4.83 Å². The fraction of sp³-hybridized carbons (Fsp3) is 0.438. The van der Waals surface area contributed by atoms with Gasteiger partial charge in [-0.05, 0) is 35.4 Å². The van der Waals surface area contributed by atoms with Crippen molar-refractivity contribution in [3.05, 3.63) is 29.3 Å². The Morgan fingerprint density at radius 1 is 1.41 bits per heavy atom. The molecule has 118 valence electrons. The van der Waals surface area contributed by atoms with Crippen molar-refractivity contribution in [3.8, 4) is 0 Å². The number of pyridine rings is 1. The first-order chi connectivity index (χ1) is 10.5. The molecule has 2 aromatic rings. The van der Waals surface area contributed by atoms with Crippen LogP contribution in [0.3, 0.4) is 0 Å². The maximum Gasteiger partial charge on any atom is 0.313 e. The number of aromatic nitrogens is 1. The van der Waals surface area contributed by atoms with E-state index in [0.29, 0.717) is 13.0 Å². The van der Waals surface area contributed by atoms with Crippen molar-refractivity contribution in [3.63, 3.8) is 0 Å². The molecule has 6 heteroatoms. The Kier molecular flexibility index (Phi) is 5.49. The van der Waals surface area contributed by atoms with Crippen molar-refractivity contribution in [1.82, 2.24) is 4.98 Å². The predicted octanol–water partition coefficient (Wildman–Crippen LogP) is 2.84. The lowest BCUT2D eigenvalue weighted by molar-refractivity contribution is -0.146. The lowest BCUT2D eigenvalue weighted by Gasteiger charge is -2.16. The van der Waals surface area contributed by atoms with Crippen LogP contribution in [-0.2, 0) is 14.3 Å². The molecule has 2 rings (SSSR count). The average molecular weight is 320 g/mol. The second-order valence-electron chi connectivity index (χ2n) is 5.67. The molecule has 2 heterocycles. The van der Waals surface area contributed by atoms with Crippen LogP contribution in [0.15, 0.2) is 23.7 Å². The molecule has 2 aromatic heterocycles. The fourth-order valence-electron chi connectivity index (χ4n) is 2.12. The molecule has 0 spiro atoms. The number of rotatable bonds is 7. The standard InChI is InChI=1S/C16H20N2O3S/c1-10(2)9-21-16(20)13(3-4-14(17)19)12-7-11-5-6-22-15(11)18-8-12/h5-8,10,13H,3-4,9H2,1-2H3,(H2,17,19). The van der Waals surface area contributed by atoms with Gasteiger partial charge in [-0.25, -0.2) is 4.98 Å². The van der Waals surface area contributed by atoms with Gasteiger partial charge in [-0.2, -0.15) is 0 Å². The highest BCUT2D eigenvalue weighted by Gasteiger charge is 2.24. The zero-order valence-electron chi connectivity index (χ0n) is 12.7. The van der Waals surface area contributed by atoms with E-state index in [-0.39, 0.29) is 18.3 Å². The van der Waals surface area contributed by atoms with E-state index >= 15 is 0 Å². The lowest BCUT2D eigenvalue weighted by Crippen LogP contribution is -2.21. The van der Waals surface area contributed by atoms with Gasteiger partial charge in [0.05, 0.1) is 12.5 Å². The van der Waals surface area contributed by atoms with Crippen LogP contribution in [-0.4, -0.2) is 23.5 Å². The van der Waals surface area contributed by atoms with Gasteiger partial charge in [-0.3, -0.25) is 9.59 Å². The number of amides is 1. The second kappa shape index (κ2) is 7.35. The van der Waals surface area contributed by atoms with E-state index in [2.05, 4.69) is 4.98 Å². The average Bonchev–Trinajstić information content (AvgIpc) is 2.92. The Morgan fingerprint density at radius 2 is 2.18 bits per heavy atom. The van der Waals surface area contributed by atoms with E-state index in [1.807, 2.05) is 31.4 Å². The normalized spacial score (nSPS) is 12.5. The molecular weight excluding hydrogens is 300 g/mol. The summed E-state index contributed by atoms with van der Waals surface area (Å²) in [5.74, 6) is -1.00. The minimum absolute atomic E-state index is 0.142. The highest BCUT2D eigenvalue weighted by Crippen LogP contribution is 2.27. The summed E-state index contributed by atoms with van der Waals surface area (Å²) >= 11 is 1.55. The number of hydrogen-bond donors (Lipinski definition) is 1. The number of nitrogens with zero attached hydrogens (tertiary/aromatic N) is 1. The van der Waals surface area contributed by atoms with Crippen LogP contribution in [0.1, 0.15) is 38.2 Å². The smallest absolute Gasteiger partial charge is 0.313 e. The maximum absolute atomic E-state index is 12.3. The van der Waals surface area contributed by atoms with Crippen molar-refractivity contribution >= 4 is 33.4 Å². The SMILES string of the molecule is CC(C)COC(=O)C(CCC(N)=O)c1cnc2sccc2c1. The Hall–Kier alpha value is -1.95. The van der Waals surface area contributed by atoms with Crippen LogP contribution in [0.4, 0.5) is 0 Å². The fourth-order valence-corrected chi connectivity index (χ4v) is 2.84. The summed E-state index contributed by atoms with van der Waals surface area (Å²) in [5, 5.41) is 2.94. The largest absolute Gasteiger partial charge is 0.465 e. The van der Waals surface area contributed by atoms with Gasteiger partial charge in [0, 0.05) is 18.0 Å². The van der Waals surface area contributed by atoms with Crippen LogP contribution in [0.2, 0.25) is 0 Å². The predicted molar refractivity (Wildman–Crippen MR) is 86.6 cm³/mol. The molecule has 1 unspecified atom stereocenters. The van der Waals surface area contributed by atoms with Crippen molar-refractivity contribution in [2.75, 3.05) is 6.61 Å². The zero-order valence-corrected chi connectivity index (χ0v) is 13.6. The zero-order chi connectivity index (χ0) is 16.1. The summed E-state index contributed by atoms with van der Waals surface area (Å²) in [7, 11) is 0. The van der Waals surface area contributed by atoms with E-state index in [1.165, 1.54) is 0 Å². The summed E-state index contributed by atoms with van der Waals surface area (Å²) in [6.45, 7) is 4.31. The first-order valence-corrected chi connectivity index (χ1v) is 8.13. The molecule has 0 aliphatic heterocycles. The van der Waals surface area contributed by atoms with E-state index in [1.54, 1.807) is 17.5 Å². The Balaban J connectivity index is 2.21. The number of nitrogens with two attached hydrogens (primary N) is 1. The lowest BCUT2D eigenvalue weighted by atomic mass is 9.95. The summed E-state index contributed by atoms with van der Waals surface area (Å²) < 4.78 is 5.33. The first kappa shape index (κ1) is 16.4. The van der Waals surface area contributed by atoms with Crippen LogP contribution in [0.25, 0.3) is 10.2 Å². The van der Waals surface area contributed by atoms with Gasteiger partial charge in [-0.1, -0.05) is 13.8 Å². The number of hydrogen-bond acceptors (Lipinski definition) is 5. The number of esters is 1. The molecule has 2 N–H and O–H groups in total. The molecule has 22 heavy (non-hydrogen) atoms. The Labute approximate surface area is 133 Å². The first-order valence-electron chi connectivity index (χ1n) is 7.25. The van der Waals surface area contributed by atoms with Crippen LogP contribution in [0.5, 0.6) is 0 Å². The summed E-state index contributed by atoms with van der Waals surface area (Å²) in [6, 6.07) is 3.89. The van der Waals surface area contributed by atoms with Gasteiger partial charge >= 0.3 is 5.97 Å². The van der Waals surface area contributed by atoms with Gasteiger partial charge in [-0.15, -0.1) is 11.3 Å². The van der Waals surface area contributed by atoms with Crippen molar-refractivity contribution < 1.29 is 14.3 Å². The van der Waals surface area contributed by atoms with E-state index < -0.39 is 11.8 Å². The monoisotopic (exact) mass is 320 g/mol. The Bertz CT molecular complexity index is 666. The minimum Gasteiger partial charge on any atom is -0.465 e. The van der Waals surface area contributed by atoms with Gasteiger partial charge in [0.25, 0.3) is 0 Å². The number of carbonyl (C=O) groups is 2. The third kappa shape index (κ3) is 4.27. The molecule has 0 fully saturated rings. The molecule has 1 amide bonds. The van der Waals surface area contributed by atoms with E-state index in [4.69, 9.17) is 10.5 Å². The molecule has 0 saturated carbocycles. The summed E-state index contributed by atoms with van der Waals surface area (Å²) in [5.41, 5.74) is 5.97.